The summed E-state index contributed by atoms with van der Waals surface area (Å²) in [5, 5.41) is 16.4. The van der Waals surface area contributed by atoms with Crippen LogP contribution in [-0.4, -0.2) is 41.6 Å². The Labute approximate surface area is 119 Å². The molecule has 0 radical (unpaired) electrons. The van der Waals surface area contributed by atoms with Crippen LogP contribution in [-0.2, 0) is 9.59 Å². The molecule has 2 atom stereocenters. The third kappa shape index (κ3) is 9.18. The van der Waals surface area contributed by atoms with E-state index in [1.165, 1.54) is 0 Å². The molecule has 0 aliphatic heterocycles. The molecule has 0 saturated heterocycles. The monoisotopic (exact) mass is 287 g/mol. The van der Waals surface area contributed by atoms with Crippen molar-refractivity contribution in [3.63, 3.8) is 0 Å². The van der Waals surface area contributed by atoms with E-state index in [0.29, 0.717) is 19.4 Å². The number of nitrogens with one attached hydrogen (secondary N) is 3. The molecule has 3 amide bonds. The number of hydrogen-bond acceptors (Lipinski definition) is 3. The van der Waals surface area contributed by atoms with Crippen molar-refractivity contribution in [1.29, 1.82) is 0 Å². The van der Waals surface area contributed by atoms with E-state index in [2.05, 4.69) is 16.0 Å². The predicted octanol–water partition coefficient (Wildman–Crippen LogP) is 0.844. The van der Waals surface area contributed by atoms with Crippen LogP contribution in [0.1, 0.15) is 46.5 Å². The van der Waals surface area contributed by atoms with Gasteiger partial charge in [-0.1, -0.05) is 6.92 Å². The van der Waals surface area contributed by atoms with Crippen LogP contribution in [0.15, 0.2) is 0 Å². The lowest BCUT2D eigenvalue weighted by atomic mass is 10.1. The number of carbonyl (C=O) groups excluding carboxylic acids is 2. The molecule has 0 saturated carbocycles. The Kier molecular flexibility index (Phi) is 9.15. The lowest BCUT2D eigenvalue weighted by Gasteiger charge is -2.17. The first-order valence-electron chi connectivity index (χ1n) is 6.93. The number of amides is 3. The summed E-state index contributed by atoms with van der Waals surface area (Å²) in [5.74, 6) is -1.07. The molecule has 0 aromatic rings. The summed E-state index contributed by atoms with van der Waals surface area (Å²) in [7, 11) is 0. The molecular weight excluding hydrogens is 262 g/mol. The van der Waals surface area contributed by atoms with E-state index in [1.54, 1.807) is 13.8 Å². The highest BCUT2D eigenvalue weighted by Crippen LogP contribution is 2.00. The fourth-order valence-electron chi connectivity index (χ4n) is 1.56. The molecule has 0 bridgehead atoms. The van der Waals surface area contributed by atoms with Gasteiger partial charge < -0.3 is 21.1 Å². The number of carboxylic acids is 1. The predicted molar refractivity (Wildman–Crippen MR) is 75.4 cm³/mol. The van der Waals surface area contributed by atoms with E-state index in [9.17, 15) is 14.4 Å². The van der Waals surface area contributed by atoms with Crippen molar-refractivity contribution >= 4 is 17.9 Å². The molecule has 0 aromatic heterocycles. The van der Waals surface area contributed by atoms with Gasteiger partial charge in [-0.2, -0.15) is 0 Å². The van der Waals surface area contributed by atoms with Crippen molar-refractivity contribution in [2.45, 2.75) is 58.5 Å². The van der Waals surface area contributed by atoms with Crippen LogP contribution in [0.5, 0.6) is 0 Å². The van der Waals surface area contributed by atoms with E-state index in [1.807, 2.05) is 6.92 Å². The Balaban J connectivity index is 3.90. The Bertz CT molecular complexity index is 334. The third-order valence-electron chi connectivity index (χ3n) is 2.70. The number of carbonyl (C=O) groups is 3. The number of carboxylic acid groups (broad SMARTS) is 1. The normalized spacial score (nSPS) is 13.2. The Morgan fingerprint density at radius 3 is 2.35 bits per heavy atom. The molecule has 0 rings (SSSR count). The van der Waals surface area contributed by atoms with Gasteiger partial charge >= 0.3 is 12.0 Å². The molecule has 7 heteroatoms. The molecule has 20 heavy (non-hydrogen) atoms. The second kappa shape index (κ2) is 10.1. The molecule has 2 unspecified atom stereocenters. The molecule has 4 N–H and O–H groups in total. The van der Waals surface area contributed by atoms with Gasteiger partial charge in [-0.05, 0) is 33.1 Å². The highest BCUT2D eigenvalue weighted by Gasteiger charge is 2.15. The zero-order chi connectivity index (χ0) is 15.5. The van der Waals surface area contributed by atoms with Crippen molar-refractivity contribution in [3.05, 3.63) is 0 Å². The first kappa shape index (κ1) is 18.2. The molecule has 0 spiro atoms. The molecule has 0 aliphatic carbocycles. The zero-order valence-electron chi connectivity index (χ0n) is 12.4. The number of urea groups is 1. The first-order valence-corrected chi connectivity index (χ1v) is 6.93. The maximum absolute atomic E-state index is 11.6. The zero-order valence-corrected chi connectivity index (χ0v) is 12.4. The van der Waals surface area contributed by atoms with Crippen molar-refractivity contribution in [2.75, 3.05) is 6.54 Å². The smallest absolute Gasteiger partial charge is 0.315 e. The highest BCUT2D eigenvalue weighted by molar-refractivity contribution is 5.86. The van der Waals surface area contributed by atoms with Crippen molar-refractivity contribution in [3.8, 4) is 0 Å². The van der Waals surface area contributed by atoms with E-state index < -0.39 is 18.0 Å². The van der Waals surface area contributed by atoms with Crippen LogP contribution < -0.4 is 16.0 Å². The number of rotatable bonds is 9. The Hall–Kier alpha value is -1.79. The van der Waals surface area contributed by atoms with Crippen LogP contribution in [0.4, 0.5) is 4.79 Å². The van der Waals surface area contributed by atoms with E-state index >= 15 is 0 Å². The molecular formula is C13H25N3O4. The molecule has 7 nitrogen and oxygen atoms in total. The Morgan fingerprint density at radius 1 is 1.15 bits per heavy atom. The van der Waals surface area contributed by atoms with Gasteiger partial charge in [-0.15, -0.1) is 0 Å². The van der Waals surface area contributed by atoms with Crippen LogP contribution in [0, 0.1) is 0 Å². The molecule has 0 heterocycles. The second-order valence-corrected chi connectivity index (χ2v) is 4.82. The standard InChI is InChI=1S/C13H25N3O4/c1-4-8-14-12(19)10(3)16-13(20)15-9(2)6-5-7-11(17)18/h9-10H,4-8H2,1-3H3,(H,14,19)(H,17,18)(H2,15,16,20). The van der Waals surface area contributed by atoms with E-state index in [-0.39, 0.29) is 18.4 Å². The summed E-state index contributed by atoms with van der Waals surface area (Å²) < 4.78 is 0. The fraction of sp³-hybridized carbons (Fsp3) is 0.769. The summed E-state index contributed by atoms with van der Waals surface area (Å²) >= 11 is 0. The Morgan fingerprint density at radius 2 is 1.80 bits per heavy atom. The minimum absolute atomic E-state index is 0.0868. The average Bonchev–Trinajstić information content (AvgIpc) is 2.34. The van der Waals surface area contributed by atoms with Gasteiger partial charge in [-0.25, -0.2) is 4.79 Å². The van der Waals surface area contributed by atoms with Crippen LogP contribution in [0.2, 0.25) is 0 Å². The third-order valence-corrected chi connectivity index (χ3v) is 2.70. The molecule has 0 fully saturated rings. The summed E-state index contributed by atoms with van der Waals surface area (Å²) in [6.07, 6.45) is 2.01. The maximum Gasteiger partial charge on any atom is 0.315 e. The molecule has 0 aromatic carbocycles. The summed E-state index contributed by atoms with van der Waals surface area (Å²) in [6.45, 7) is 5.94. The van der Waals surface area contributed by atoms with Crippen LogP contribution in [0.3, 0.4) is 0 Å². The van der Waals surface area contributed by atoms with Crippen molar-refractivity contribution in [1.82, 2.24) is 16.0 Å². The van der Waals surface area contributed by atoms with Gasteiger partial charge in [-0.3, -0.25) is 9.59 Å². The van der Waals surface area contributed by atoms with Crippen LogP contribution in [0.25, 0.3) is 0 Å². The second-order valence-electron chi connectivity index (χ2n) is 4.82. The van der Waals surface area contributed by atoms with Crippen molar-refractivity contribution in [2.24, 2.45) is 0 Å². The van der Waals surface area contributed by atoms with Crippen molar-refractivity contribution < 1.29 is 19.5 Å². The SMILES string of the molecule is CCCNC(=O)C(C)NC(=O)NC(C)CCCC(=O)O. The number of hydrogen-bond donors (Lipinski definition) is 4. The van der Waals surface area contributed by atoms with Gasteiger partial charge in [0.1, 0.15) is 6.04 Å². The van der Waals surface area contributed by atoms with E-state index in [0.717, 1.165) is 6.42 Å². The van der Waals surface area contributed by atoms with Gasteiger partial charge in [0.05, 0.1) is 0 Å². The lowest BCUT2D eigenvalue weighted by molar-refractivity contribution is -0.137. The minimum atomic E-state index is -0.845. The largest absolute Gasteiger partial charge is 0.481 e. The molecule has 116 valence electrons. The minimum Gasteiger partial charge on any atom is -0.481 e. The summed E-state index contributed by atoms with van der Waals surface area (Å²) in [6, 6.07) is -1.17. The summed E-state index contributed by atoms with van der Waals surface area (Å²) in [5.41, 5.74) is 0. The quantitative estimate of drug-likeness (QED) is 0.504. The topological polar surface area (TPSA) is 108 Å². The maximum atomic E-state index is 11.6. The average molecular weight is 287 g/mol. The van der Waals surface area contributed by atoms with Crippen LogP contribution >= 0.6 is 0 Å². The van der Waals surface area contributed by atoms with Gasteiger partial charge in [0, 0.05) is 19.0 Å². The number of aliphatic carboxylic acids is 1. The highest BCUT2D eigenvalue weighted by atomic mass is 16.4. The first-order chi connectivity index (χ1) is 9.36. The van der Waals surface area contributed by atoms with Gasteiger partial charge in [0.15, 0.2) is 0 Å². The fourth-order valence-corrected chi connectivity index (χ4v) is 1.56. The lowest BCUT2D eigenvalue weighted by Crippen LogP contribution is -2.50. The van der Waals surface area contributed by atoms with Gasteiger partial charge in [0.2, 0.25) is 5.91 Å². The summed E-state index contributed by atoms with van der Waals surface area (Å²) in [4.78, 5) is 33.5. The molecule has 0 aliphatic rings. The van der Waals surface area contributed by atoms with Gasteiger partial charge in [0.25, 0.3) is 0 Å². The van der Waals surface area contributed by atoms with E-state index in [4.69, 9.17) is 5.11 Å².